The van der Waals surface area contributed by atoms with Gasteiger partial charge in [-0.1, -0.05) is 24.3 Å². The first-order valence-electron chi connectivity index (χ1n) is 6.46. The van der Waals surface area contributed by atoms with Crippen LogP contribution in [0.3, 0.4) is 0 Å². The molecule has 0 unspecified atom stereocenters. The summed E-state index contributed by atoms with van der Waals surface area (Å²) in [5, 5.41) is 11.9. The van der Waals surface area contributed by atoms with E-state index in [1.54, 1.807) is 6.92 Å². The summed E-state index contributed by atoms with van der Waals surface area (Å²) in [6.07, 6.45) is -0.872. The molecule has 0 radical (unpaired) electrons. The average molecular weight is 351 g/mol. The highest BCUT2D eigenvalue weighted by atomic mass is 35.5. The van der Waals surface area contributed by atoms with Crippen LogP contribution in [-0.2, 0) is 17.9 Å². The van der Waals surface area contributed by atoms with Crippen molar-refractivity contribution in [2.75, 3.05) is 0 Å². The van der Waals surface area contributed by atoms with E-state index in [1.165, 1.54) is 6.92 Å². The molecule has 0 aromatic heterocycles. The normalized spacial score (nSPS) is 13.4. The fraction of sp³-hybridized carbons (Fsp3) is 0.429. The lowest BCUT2D eigenvalue weighted by molar-refractivity contribution is -0.124. The van der Waals surface area contributed by atoms with E-state index in [2.05, 4.69) is 10.3 Å². The lowest BCUT2D eigenvalue weighted by Crippen LogP contribution is -2.46. The summed E-state index contributed by atoms with van der Waals surface area (Å²) in [7, 11) is 0. The number of rotatable bonds is 6. The Kier molecular flexibility index (Phi) is 11.7. The number of aliphatic imine (C=N–C) groups is 1. The Hall–Kier alpha value is -1.34. The Morgan fingerprint density at radius 1 is 1.36 bits per heavy atom. The first-order chi connectivity index (χ1) is 9.40. The van der Waals surface area contributed by atoms with Crippen LogP contribution < -0.4 is 16.8 Å². The quantitative estimate of drug-likeness (QED) is 0.447. The number of amidine groups is 1. The van der Waals surface area contributed by atoms with E-state index in [0.29, 0.717) is 18.9 Å². The molecule has 0 aliphatic carbocycles. The van der Waals surface area contributed by atoms with Gasteiger partial charge in [-0.2, -0.15) is 0 Å². The molecule has 1 amide bonds. The van der Waals surface area contributed by atoms with Crippen LogP contribution in [0.15, 0.2) is 29.3 Å². The standard InChI is InChI=1S/C14H22N4O2.2ClH/c1-9(19)13(16)14(20)18-8-12-5-3-4-11(6-12)7-17-10(2)15;;/h3-6,9,13,19H,7-8,16H2,1-2H3,(H2,15,17)(H,18,20);2*1H/t9-,13+;;/m1../s1. The third-order valence-corrected chi connectivity index (χ3v) is 2.79. The molecule has 0 aliphatic heterocycles. The third kappa shape index (κ3) is 8.19. The molecule has 0 fully saturated rings. The maximum absolute atomic E-state index is 11.6. The third-order valence-electron chi connectivity index (χ3n) is 2.79. The number of nitrogens with two attached hydrogens (primary N) is 2. The van der Waals surface area contributed by atoms with E-state index in [0.717, 1.165) is 11.1 Å². The summed E-state index contributed by atoms with van der Waals surface area (Å²) in [5.41, 5.74) is 13.0. The van der Waals surface area contributed by atoms with Crippen molar-refractivity contribution in [2.45, 2.75) is 39.1 Å². The number of benzene rings is 1. The zero-order valence-electron chi connectivity index (χ0n) is 12.7. The second-order valence-electron chi connectivity index (χ2n) is 4.76. The van der Waals surface area contributed by atoms with Crippen molar-refractivity contribution in [2.24, 2.45) is 16.5 Å². The van der Waals surface area contributed by atoms with Crippen LogP contribution >= 0.6 is 24.8 Å². The Bertz CT molecular complexity index is 491. The van der Waals surface area contributed by atoms with Crippen LogP contribution in [0.25, 0.3) is 0 Å². The van der Waals surface area contributed by atoms with Gasteiger partial charge in [0.25, 0.3) is 0 Å². The molecule has 2 atom stereocenters. The van der Waals surface area contributed by atoms with Crippen LogP contribution in [0.5, 0.6) is 0 Å². The van der Waals surface area contributed by atoms with Crippen molar-refractivity contribution in [3.63, 3.8) is 0 Å². The molecule has 126 valence electrons. The molecule has 0 heterocycles. The molecular weight excluding hydrogens is 327 g/mol. The number of aliphatic hydroxyl groups excluding tert-OH is 1. The van der Waals surface area contributed by atoms with Gasteiger partial charge in [0.15, 0.2) is 0 Å². The fourth-order valence-electron chi connectivity index (χ4n) is 1.58. The van der Waals surface area contributed by atoms with Crippen molar-refractivity contribution >= 4 is 36.6 Å². The Labute approximate surface area is 143 Å². The van der Waals surface area contributed by atoms with Gasteiger partial charge in [0.05, 0.1) is 18.5 Å². The van der Waals surface area contributed by atoms with E-state index in [-0.39, 0.29) is 30.7 Å². The van der Waals surface area contributed by atoms with E-state index in [9.17, 15) is 9.90 Å². The Morgan fingerprint density at radius 3 is 2.50 bits per heavy atom. The highest BCUT2D eigenvalue weighted by molar-refractivity contribution is 5.85. The lowest BCUT2D eigenvalue weighted by atomic mass is 10.1. The van der Waals surface area contributed by atoms with Gasteiger partial charge in [-0.05, 0) is 25.0 Å². The van der Waals surface area contributed by atoms with Gasteiger partial charge in [0.2, 0.25) is 5.91 Å². The Morgan fingerprint density at radius 2 is 1.95 bits per heavy atom. The molecule has 0 aliphatic rings. The maximum Gasteiger partial charge on any atom is 0.239 e. The number of aliphatic hydroxyl groups is 1. The van der Waals surface area contributed by atoms with Crippen LogP contribution in [0.4, 0.5) is 0 Å². The molecule has 1 aromatic rings. The van der Waals surface area contributed by atoms with Gasteiger partial charge in [-0.25, -0.2) is 0 Å². The number of carbonyl (C=O) groups is 1. The molecule has 1 rings (SSSR count). The second-order valence-corrected chi connectivity index (χ2v) is 4.76. The van der Waals surface area contributed by atoms with Crippen molar-refractivity contribution in [1.82, 2.24) is 5.32 Å². The van der Waals surface area contributed by atoms with Crippen LogP contribution in [0.1, 0.15) is 25.0 Å². The first-order valence-corrected chi connectivity index (χ1v) is 6.46. The zero-order valence-corrected chi connectivity index (χ0v) is 14.3. The predicted octanol–water partition coefficient (Wildman–Crippen LogP) is 0.732. The van der Waals surface area contributed by atoms with Crippen LogP contribution in [0.2, 0.25) is 0 Å². The molecule has 0 bridgehead atoms. The van der Waals surface area contributed by atoms with Crippen molar-refractivity contribution in [3.05, 3.63) is 35.4 Å². The number of amides is 1. The minimum absolute atomic E-state index is 0. The van der Waals surface area contributed by atoms with E-state index in [4.69, 9.17) is 11.5 Å². The summed E-state index contributed by atoms with van der Waals surface area (Å²) < 4.78 is 0. The molecule has 22 heavy (non-hydrogen) atoms. The predicted molar refractivity (Wildman–Crippen MR) is 93.4 cm³/mol. The largest absolute Gasteiger partial charge is 0.391 e. The molecule has 6 nitrogen and oxygen atoms in total. The fourth-order valence-corrected chi connectivity index (χ4v) is 1.58. The Balaban J connectivity index is 0. The van der Waals surface area contributed by atoms with Gasteiger partial charge in [0.1, 0.15) is 6.04 Å². The smallest absolute Gasteiger partial charge is 0.239 e. The van der Waals surface area contributed by atoms with Crippen molar-refractivity contribution in [1.29, 1.82) is 0 Å². The molecule has 8 heteroatoms. The topological polar surface area (TPSA) is 114 Å². The second kappa shape index (κ2) is 11.3. The maximum atomic E-state index is 11.6. The highest BCUT2D eigenvalue weighted by Crippen LogP contribution is 2.06. The molecule has 0 spiro atoms. The van der Waals surface area contributed by atoms with Gasteiger partial charge >= 0.3 is 0 Å². The minimum Gasteiger partial charge on any atom is -0.391 e. The van der Waals surface area contributed by atoms with Crippen molar-refractivity contribution < 1.29 is 9.90 Å². The number of nitrogens with zero attached hydrogens (tertiary/aromatic N) is 1. The monoisotopic (exact) mass is 350 g/mol. The van der Waals surface area contributed by atoms with E-state index < -0.39 is 12.1 Å². The molecule has 0 saturated heterocycles. The van der Waals surface area contributed by atoms with Crippen molar-refractivity contribution in [3.8, 4) is 0 Å². The number of nitrogens with one attached hydrogen (secondary N) is 1. The summed E-state index contributed by atoms with van der Waals surface area (Å²) in [4.78, 5) is 15.8. The molecule has 1 aromatic carbocycles. The lowest BCUT2D eigenvalue weighted by Gasteiger charge is -2.14. The van der Waals surface area contributed by atoms with Crippen LogP contribution in [0, 0.1) is 0 Å². The average Bonchev–Trinajstić information content (AvgIpc) is 2.42. The highest BCUT2D eigenvalue weighted by Gasteiger charge is 2.17. The molecule has 6 N–H and O–H groups in total. The van der Waals surface area contributed by atoms with Gasteiger partial charge < -0.3 is 21.9 Å². The SMILES string of the molecule is CC(N)=NCc1cccc(CNC(=O)[C@@H](N)[C@@H](C)O)c1.Cl.Cl. The van der Waals surface area contributed by atoms with Gasteiger partial charge in [-0.3, -0.25) is 9.79 Å². The zero-order chi connectivity index (χ0) is 15.1. The summed E-state index contributed by atoms with van der Waals surface area (Å²) in [6.45, 7) is 4.09. The summed E-state index contributed by atoms with van der Waals surface area (Å²) in [5.74, 6) is 0.160. The van der Waals surface area contributed by atoms with Gasteiger partial charge in [-0.15, -0.1) is 24.8 Å². The number of halogens is 2. The summed E-state index contributed by atoms with van der Waals surface area (Å²) in [6, 6.07) is 6.77. The van der Waals surface area contributed by atoms with Gasteiger partial charge in [0, 0.05) is 6.54 Å². The minimum atomic E-state index is -0.914. The molecular formula is C14H24Cl2N4O2. The summed E-state index contributed by atoms with van der Waals surface area (Å²) >= 11 is 0. The first kappa shape index (κ1) is 22.9. The number of hydrogen-bond donors (Lipinski definition) is 4. The van der Waals surface area contributed by atoms with E-state index >= 15 is 0 Å². The molecule has 0 saturated carbocycles. The number of hydrogen-bond acceptors (Lipinski definition) is 4. The van der Waals surface area contributed by atoms with Crippen LogP contribution in [-0.4, -0.2) is 29.0 Å². The van der Waals surface area contributed by atoms with E-state index in [1.807, 2.05) is 24.3 Å². The number of carbonyl (C=O) groups excluding carboxylic acids is 1.